The number of aromatic nitrogens is 2. The van der Waals surface area contributed by atoms with Gasteiger partial charge in [0.25, 0.3) is 0 Å². The van der Waals surface area contributed by atoms with E-state index in [1.807, 2.05) is 25.1 Å². The van der Waals surface area contributed by atoms with Crippen molar-refractivity contribution in [2.45, 2.75) is 13.3 Å². The summed E-state index contributed by atoms with van der Waals surface area (Å²) in [6.07, 6.45) is 0.748. The van der Waals surface area contributed by atoms with E-state index in [-0.39, 0.29) is 0 Å². The third-order valence-corrected chi connectivity index (χ3v) is 5.26. The summed E-state index contributed by atoms with van der Waals surface area (Å²) < 4.78 is 10.6. The minimum Gasteiger partial charge on any atom is -0.493 e. The summed E-state index contributed by atoms with van der Waals surface area (Å²) in [7, 11) is 3.27. The highest BCUT2D eigenvalue weighted by molar-refractivity contribution is 7.19. The van der Waals surface area contributed by atoms with Crippen LogP contribution in [0.2, 0.25) is 0 Å². The lowest BCUT2D eigenvalue weighted by molar-refractivity contribution is 0.354. The summed E-state index contributed by atoms with van der Waals surface area (Å²) in [6.45, 7) is 1.95. The summed E-state index contributed by atoms with van der Waals surface area (Å²) >= 11 is 3.11. The smallest absolute Gasteiger partial charge is 0.180 e. The second kappa shape index (κ2) is 6.55. The lowest BCUT2D eigenvalue weighted by atomic mass is 10.1. The Bertz CT molecular complexity index is 827. The number of aryl methyl sites for hydroxylation is 1. The summed E-state index contributed by atoms with van der Waals surface area (Å²) in [4.78, 5) is 10.0. The van der Waals surface area contributed by atoms with Gasteiger partial charge in [0.05, 0.1) is 35.5 Å². The van der Waals surface area contributed by atoms with Gasteiger partial charge < -0.3 is 15.2 Å². The molecule has 2 heterocycles. The zero-order valence-electron chi connectivity index (χ0n) is 13.1. The van der Waals surface area contributed by atoms with Crippen molar-refractivity contribution < 1.29 is 9.47 Å². The second-order valence-corrected chi connectivity index (χ2v) is 6.93. The highest BCUT2D eigenvalue weighted by Gasteiger charge is 2.13. The molecule has 0 aliphatic carbocycles. The maximum Gasteiger partial charge on any atom is 0.180 e. The molecular formula is C16H17N3O2S2. The van der Waals surface area contributed by atoms with Crippen molar-refractivity contribution in [3.63, 3.8) is 0 Å². The number of ether oxygens (including phenoxy) is 2. The first-order valence-electron chi connectivity index (χ1n) is 6.99. The molecule has 0 saturated heterocycles. The van der Waals surface area contributed by atoms with Gasteiger partial charge in [-0.2, -0.15) is 0 Å². The van der Waals surface area contributed by atoms with Crippen LogP contribution < -0.4 is 15.2 Å². The van der Waals surface area contributed by atoms with Gasteiger partial charge in [0, 0.05) is 11.8 Å². The quantitative estimate of drug-likeness (QED) is 0.761. The largest absolute Gasteiger partial charge is 0.493 e. The SMILES string of the molecule is COc1ccc(Cc2nc(-c3sc(N)nc3C)cs2)cc1OC. The van der Waals surface area contributed by atoms with Gasteiger partial charge in [0.1, 0.15) is 0 Å². The van der Waals surface area contributed by atoms with Gasteiger partial charge >= 0.3 is 0 Å². The Morgan fingerprint density at radius 1 is 1.13 bits per heavy atom. The number of thiazole rings is 2. The fourth-order valence-corrected chi connectivity index (χ4v) is 4.00. The Morgan fingerprint density at radius 3 is 2.57 bits per heavy atom. The molecule has 0 bridgehead atoms. The molecule has 0 saturated carbocycles. The maximum atomic E-state index is 5.76. The molecule has 3 aromatic rings. The Labute approximate surface area is 142 Å². The van der Waals surface area contributed by atoms with Crippen molar-refractivity contribution >= 4 is 27.8 Å². The number of nitrogen functional groups attached to an aromatic ring is 1. The predicted molar refractivity (Wildman–Crippen MR) is 94.7 cm³/mol. The maximum absolute atomic E-state index is 5.76. The Morgan fingerprint density at radius 2 is 1.91 bits per heavy atom. The normalized spacial score (nSPS) is 10.7. The van der Waals surface area contributed by atoms with Gasteiger partial charge in [-0.05, 0) is 24.6 Å². The average Bonchev–Trinajstić information content (AvgIpc) is 3.13. The van der Waals surface area contributed by atoms with E-state index >= 15 is 0 Å². The molecule has 0 atom stereocenters. The first kappa shape index (κ1) is 15.8. The number of benzene rings is 1. The first-order chi connectivity index (χ1) is 11.1. The molecular weight excluding hydrogens is 330 g/mol. The Hall–Kier alpha value is -2.12. The van der Waals surface area contributed by atoms with Gasteiger partial charge in [0.15, 0.2) is 16.6 Å². The monoisotopic (exact) mass is 347 g/mol. The molecule has 3 rings (SSSR count). The lowest BCUT2D eigenvalue weighted by Gasteiger charge is -2.08. The summed E-state index contributed by atoms with van der Waals surface area (Å²) in [5.41, 5.74) is 8.76. The van der Waals surface area contributed by atoms with Crippen LogP contribution in [0.15, 0.2) is 23.6 Å². The number of rotatable bonds is 5. The Balaban J connectivity index is 1.83. The number of hydrogen-bond donors (Lipinski definition) is 1. The third-order valence-electron chi connectivity index (χ3n) is 3.40. The van der Waals surface area contributed by atoms with E-state index < -0.39 is 0 Å². The molecule has 5 nitrogen and oxygen atoms in total. The molecule has 1 aromatic carbocycles. The molecule has 0 unspecified atom stereocenters. The summed E-state index contributed by atoms with van der Waals surface area (Å²) in [5.74, 6) is 1.46. The summed E-state index contributed by atoms with van der Waals surface area (Å²) in [6, 6.07) is 5.92. The Kier molecular flexibility index (Phi) is 4.49. The van der Waals surface area contributed by atoms with Crippen LogP contribution in [0, 0.1) is 6.92 Å². The molecule has 23 heavy (non-hydrogen) atoms. The van der Waals surface area contributed by atoms with Crippen molar-refractivity contribution in [2.75, 3.05) is 20.0 Å². The van der Waals surface area contributed by atoms with Crippen LogP contribution in [0.4, 0.5) is 5.13 Å². The standard InChI is InChI=1S/C16H17N3O2S2/c1-9-15(23-16(17)18-9)11-8-22-14(19-11)7-10-4-5-12(20-2)13(6-10)21-3/h4-6,8H,7H2,1-3H3,(H2,17,18). The first-order valence-corrected chi connectivity index (χ1v) is 8.69. The van der Waals surface area contributed by atoms with Crippen LogP contribution in [0.5, 0.6) is 11.5 Å². The number of methoxy groups -OCH3 is 2. The van der Waals surface area contributed by atoms with Crippen molar-refractivity contribution in [1.29, 1.82) is 0 Å². The van der Waals surface area contributed by atoms with Gasteiger partial charge in [-0.25, -0.2) is 9.97 Å². The fraction of sp³-hybridized carbons (Fsp3) is 0.250. The van der Waals surface area contributed by atoms with Gasteiger partial charge in [-0.15, -0.1) is 11.3 Å². The molecule has 0 radical (unpaired) electrons. The zero-order chi connectivity index (χ0) is 16.4. The van der Waals surface area contributed by atoms with E-state index in [0.717, 1.165) is 44.8 Å². The molecule has 0 aliphatic heterocycles. The zero-order valence-corrected chi connectivity index (χ0v) is 14.8. The molecule has 0 fully saturated rings. The minimum atomic E-state index is 0.576. The number of hydrogen-bond acceptors (Lipinski definition) is 7. The van der Waals surface area contributed by atoms with Crippen molar-refractivity contribution in [3.05, 3.63) is 39.8 Å². The number of nitrogens with two attached hydrogens (primary N) is 1. The fourth-order valence-electron chi connectivity index (χ4n) is 2.32. The molecule has 0 amide bonds. The van der Waals surface area contributed by atoms with E-state index in [1.165, 1.54) is 11.3 Å². The molecule has 0 aliphatic rings. The van der Waals surface area contributed by atoms with Crippen LogP contribution in [0.25, 0.3) is 10.6 Å². The van der Waals surface area contributed by atoms with Crippen LogP contribution in [0.1, 0.15) is 16.3 Å². The van der Waals surface area contributed by atoms with Crippen LogP contribution >= 0.6 is 22.7 Å². The molecule has 0 spiro atoms. The van der Waals surface area contributed by atoms with E-state index in [0.29, 0.717) is 5.13 Å². The number of anilines is 1. The average molecular weight is 347 g/mol. The third kappa shape index (κ3) is 3.30. The van der Waals surface area contributed by atoms with Crippen LogP contribution in [-0.4, -0.2) is 24.2 Å². The van der Waals surface area contributed by atoms with Gasteiger partial charge in [-0.1, -0.05) is 17.4 Å². The van der Waals surface area contributed by atoms with Crippen molar-refractivity contribution in [1.82, 2.24) is 9.97 Å². The van der Waals surface area contributed by atoms with Crippen molar-refractivity contribution in [3.8, 4) is 22.1 Å². The number of nitrogens with zero attached hydrogens (tertiary/aromatic N) is 2. The lowest BCUT2D eigenvalue weighted by Crippen LogP contribution is -1.93. The molecule has 7 heteroatoms. The van der Waals surface area contributed by atoms with Crippen LogP contribution in [0.3, 0.4) is 0 Å². The van der Waals surface area contributed by atoms with Gasteiger partial charge in [-0.3, -0.25) is 0 Å². The molecule has 120 valence electrons. The van der Waals surface area contributed by atoms with Crippen LogP contribution in [-0.2, 0) is 6.42 Å². The predicted octanol–water partition coefficient (Wildman–Crippen LogP) is 3.77. The topological polar surface area (TPSA) is 70.3 Å². The van der Waals surface area contributed by atoms with E-state index in [4.69, 9.17) is 20.2 Å². The molecule has 2 aromatic heterocycles. The van der Waals surface area contributed by atoms with Crippen molar-refractivity contribution in [2.24, 2.45) is 0 Å². The minimum absolute atomic E-state index is 0.576. The van der Waals surface area contributed by atoms with E-state index in [1.54, 1.807) is 25.6 Å². The van der Waals surface area contributed by atoms with E-state index in [9.17, 15) is 0 Å². The van der Waals surface area contributed by atoms with Gasteiger partial charge in [0.2, 0.25) is 0 Å². The highest BCUT2D eigenvalue weighted by atomic mass is 32.1. The summed E-state index contributed by atoms with van der Waals surface area (Å²) in [5, 5.41) is 3.67. The van der Waals surface area contributed by atoms with E-state index in [2.05, 4.69) is 10.4 Å². The highest BCUT2D eigenvalue weighted by Crippen LogP contribution is 2.33. The molecule has 2 N–H and O–H groups in total. The second-order valence-electron chi connectivity index (χ2n) is 4.96.